The summed E-state index contributed by atoms with van der Waals surface area (Å²) in [4.78, 5) is 21.3. The van der Waals surface area contributed by atoms with Crippen LogP contribution in [0, 0.1) is 0 Å². The topological polar surface area (TPSA) is 70.2 Å². The number of benzene rings is 2. The molecule has 2 aromatic rings. The van der Waals surface area contributed by atoms with E-state index in [9.17, 15) is 26.4 Å². The Hall–Kier alpha value is -2.63. The van der Waals surface area contributed by atoms with Gasteiger partial charge in [0.05, 0.1) is 35.5 Å². The van der Waals surface area contributed by atoms with Crippen LogP contribution in [0.3, 0.4) is 0 Å². The zero-order chi connectivity index (χ0) is 23.3. The fourth-order valence-electron chi connectivity index (χ4n) is 4.17. The summed E-state index contributed by atoms with van der Waals surface area (Å²) in [6.07, 6.45) is -3.09. The van der Waals surface area contributed by atoms with Gasteiger partial charge in [-0.1, -0.05) is 16.6 Å². The van der Waals surface area contributed by atoms with E-state index in [-0.39, 0.29) is 17.3 Å². The van der Waals surface area contributed by atoms with E-state index in [0.717, 1.165) is 18.6 Å². The lowest BCUT2D eigenvalue weighted by Crippen LogP contribution is -2.50. The smallest absolute Gasteiger partial charge is 0.358 e. The first-order chi connectivity index (χ1) is 15.0. The third-order valence-corrected chi connectivity index (χ3v) is 7.52. The summed E-state index contributed by atoms with van der Waals surface area (Å²) >= 11 is 0. The number of sulfonamides is 1. The van der Waals surface area contributed by atoms with Gasteiger partial charge in [0.25, 0.3) is 10.0 Å². The molecule has 0 bridgehead atoms. The molecule has 0 saturated carbocycles. The van der Waals surface area contributed by atoms with Crippen LogP contribution in [-0.2, 0) is 32.4 Å². The standard InChI is InChI=1S/C21H22F3N3O4S/c1-25(31-2)32(29,30)16-8-9-17-19(12-16)27(20(28)18-7-4-10-26(17)18)13-14-5-3-6-15(11-14)21(22,23)24/h3,5-6,8-9,11-12,18H,4,7,10,13H2,1-2H3/t18-/m1/s1. The predicted octanol–water partition coefficient (Wildman–Crippen LogP) is 3.40. The van der Waals surface area contributed by atoms with Crippen molar-refractivity contribution >= 4 is 27.3 Å². The molecule has 0 aromatic heterocycles. The third kappa shape index (κ3) is 3.84. The highest BCUT2D eigenvalue weighted by atomic mass is 32.2. The number of anilines is 2. The van der Waals surface area contributed by atoms with E-state index in [1.54, 1.807) is 6.07 Å². The van der Waals surface area contributed by atoms with E-state index in [2.05, 4.69) is 0 Å². The summed E-state index contributed by atoms with van der Waals surface area (Å²) in [5.74, 6) is -0.262. The molecule has 4 rings (SSSR count). The number of hydrogen-bond acceptors (Lipinski definition) is 5. The maximum Gasteiger partial charge on any atom is 0.416 e. The SMILES string of the molecule is CON(C)S(=O)(=O)c1ccc2c(c1)N(Cc1cccc(C(F)(F)F)c1)C(=O)[C@H]1CCCN21. The van der Waals surface area contributed by atoms with Crippen molar-refractivity contribution in [2.24, 2.45) is 0 Å². The maximum atomic E-state index is 13.3. The number of halogens is 3. The summed E-state index contributed by atoms with van der Waals surface area (Å²) in [7, 11) is -1.52. The molecule has 1 atom stereocenters. The van der Waals surface area contributed by atoms with Gasteiger partial charge >= 0.3 is 6.18 Å². The fraction of sp³-hybridized carbons (Fsp3) is 0.381. The molecule has 2 aliphatic heterocycles. The van der Waals surface area contributed by atoms with Gasteiger partial charge in [-0.3, -0.25) is 9.63 Å². The average molecular weight is 469 g/mol. The normalized spacial score (nSPS) is 18.8. The summed E-state index contributed by atoms with van der Waals surface area (Å²) in [5.41, 5.74) is 0.516. The molecule has 0 N–H and O–H groups in total. The molecule has 0 radical (unpaired) electrons. The molecule has 2 heterocycles. The summed E-state index contributed by atoms with van der Waals surface area (Å²) in [6.45, 7) is 0.536. The third-order valence-electron chi connectivity index (χ3n) is 5.84. The minimum Gasteiger partial charge on any atom is -0.358 e. The average Bonchev–Trinajstić information content (AvgIpc) is 3.25. The van der Waals surface area contributed by atoms with Crippen LogP contribution in [0.15, 0.2) is 47.4 Å². The maximum absolute atomic E-state index is 13.3. The van der Waals surface area contributed by atoms with Gasteiger partial charge in [0.15, 0.2) is 0 Å². The number of hydrogen-bond donors (Lipinski definition) is 0. The van der Waals surface area contributed by atoms with E-state index in [1.165, 1.54) is 43.3 Å². The molecule has 0 unspecified atom stereocenters. The van der Waals surface area contributed by atoms with Gasteiger partial charge in [0.2, 0.25) is 5.91 Å². The zero-order valence-corrected chi connectivity index (χ0v) is 18.3. The molecule has 1 saturated heterocycles. The Morgan fingerprint density at radius 2 is 1.91 bits per heavy atom. The number of amides is 1. The van der Waals surface area contributed by atoms with Crippen LogP contribution in [0.4, 0.5) is 24.5 Å². The molecule has 7 nitrogen and oxygen atoms in total. The zero-order valence-electron chi connectivity index (χ0n) is 17.5. The molecule has 172 valence electrons. The first-order valence-electron chi connectivity index (χ1n) is 9.95. The Morgan fingerprint density at radius 1 is 1.16 bits per heavy atom. The van der Waals surface area contributed by atoms with Crippen molar-refractivity contribution in [2.45, 2.75) is 36.5 Å². The summed E-state index contributed by atoms with van der Waals surface area (Å²) in [5, 5.41) is 0. The Labute approximate surface area is 184 Å². The second-order valence-electron chi connectivity index (χ2n) is 7.72. The van der Waals surface area contributed by atoms with Crippen molar-refractivity contribution < 1.29 is 31.2 Å². The lowest BCUT2D eigenvalue weighted by Gasteiger charge is -2.40. The number of hydroxylamine groups is 1. The van der Waals surface area contributed by atoms with Crippen molar-refractivity contribution in [1.82, 2.24) is 4.47 Å². The minimum absolute atomic E-state index is 0.0833. The molecule has 32 heavy (non-hydrogen) atoms. The Morgan fingerprint density at radius 3 is 2.59 bits per heavy atom. The van der Waals surface area contributed by atoms with Crippen LogP contribution in [0.25, 0.3) is 0 Å². The first kappa shape index (κ1) is 22.6. The van der Waals surface area contributed by atoms with Crippen molar-refractivity contribution in [2.75, 3.05) is 30.5 Å². The monoisotopic (exact) mass is 469 g/mol. The van der Waals surface area contributed by atoms with E-state index >= 15 is 0 Å². The van der Waals surface area contributed by atoms with Gasteiger partial charge in [-0.15, -0.1) is 0 Å². The van der Waals surface area contributed by atoms with E-state index in [1.807, 2.05) is 4.90 Å². The van der Waals surface area contributed by atoms with Crippen molar-refractivity contribution in [3.63, 3.8) is 0 Å². The van der Waals surface area contributed by atoms with E-state index in [4.69, 9.17) is 4.84 Å². The number of carbonyl (C=O) groups excluding carboxylic acids is 1. The molecule has 2 aromatic carbocycles. The number of carbonyl (C=O) groups is 1. The molecule has 1 fully saturated rings. The minimum atomic E-state index is -4.51. The van der Waals surface area contributed by atoms with Gasteiger partial charge in [0.1, 0.15) is 6.04 Å². The number of alkyl halides is 3. The van der Waals surface area contributed by atoms with Gasteiger partial charge in [-0.2, -0.15) is 13.2 Å². The molecular weight excluding hydrogens is 447 g/mol. The van der Waals surface area contributed by atoms with Crippen LogP contribution in [0.5, 0.6) is 0 Å². The predicted molar refractivity (Wildman–Crippen MR) is 111 cm³/mol. The fourth-order valence-corrected chi connectivity index (χ4v) is 5.17. The Bertz CT molecular complexity index is 1150. The quantitative estimate of drug-likeness (QED) is 0.628. The van der Waals surface area contributed by atoms with Gasteiger partial charge in [0, 0.05) is 13.6 Å². The highest BCUT2D eigenvalue weighted by molar-refractivity contribution is 7.89. The van der Waals surface area contributed by atoms with Crippen molar-refractivity contribution in [3.05, 3.63) is 53.6 Å². The second-order valence-corrected chi connectivity index (χ2v) is 9.66. The second kappa shape index (κ2) is 8.05. The Balaban J connectivity index is 1.79. The lowest BCUT2D eigenvalue weighted by molar-refractivity contribution is -0.137. The van der Waals surface area contributed by atoms with Crippen molar-refractivity contribution in [1.29, 1.82) is 0 Å². The van der Waals surface area contributed by atoms with Gasteiger partial charge < -0.3 is 9.80 Å². The summed E-state index contributed by atoms with van der Waals surface area (Å²) in [6, 6.07) is 8.82. The molecule has 0 spiro atoms. The first-order valence-corrected chi connectivity index (χ1v) is 11.4. The largest absolute Gasteiger partial charge is 0.416 e. The molecule has 2 aliphatic rings. The van der Waals surface area contributed by atoms with Crippen molar-refractivity contribution in [3.8, 4) is 0 Å². The van der Waals surface area contributed by atoms with E-state index < -0.39 is 27.8 Å². The van der Waals surface area contributed by atoms with Gasteiger partial charge in [-0.05, 0) is 48.7 Å². The van der Waals surface area contributed by atoms with Crippen LogP contribution in [-0.4, -0.2) is 45.5 Å². The number of nitrogens with zero attached hydrogens (tertiary/aromatic N) is 3. The van der Waals surface area contributed by atoms with Crippen LogP contribution in [0.2, 0.25) is 0 Å². The van der Waals surface area contributed by atoms with Crippen LogP contribution < -0.4 is 9.80 Å². The highest BCUT2D eigenvalue weighted by Crippen LogP contribution is 2.42. The number of fused-ring (bicyclic) bond motifs is 3. The lowest BCUT2D eigenvalue weighted by atomic mass is 10.0. The highest BCUT2D eigenvalue weighted by Gasteiger charge is 2.41. The van der Waals surface area contributed by atoms with Crippen LogP contribution >= 0.6 is 0 Å². The molecular formula is C21H22F3N3O4S. The number of rotatable bonds is 5. The van der Waals surface area contributed by atoms with E-state index in [0.29, 0.717) is 34.4 Å². The molecule has 11 heteroatoms. The van der Waals surface area contributed by atoms with Crippen LogP contribution in [0.1, 0.15) is 24.0 Å². The Kier molecular flexibility index (Phi) is 5.68. The summed E-state index contributed by atoms with van der Waals surface area (Å²) < 4.78 is 65.7. The van der Waals surface area contributed by atoms with Gasteiger partial charge in [-0.25, -0.2) is 8.42 Å². The molecule has 1 amide bonds. The molecule has 0 aliphatic carbocycles.